The Labute approximate surface area is 104 Å². The molecule has 2 rings (SSSR count). The Bertz CT molecular complexity index is 405. The summed E-state index contributed by atoms with van der Waals surface area (Å²) in [6.07, 6.45) is 0.341. The van der Waals surface area contributed by atoms with Gasteiger partial charge in [0.05, 0.1) is 6.42 Å². The molecular weight excluding hydrogens is 238 g/mol. The van der Waals surface area contributed by atoms with Crippen molar-refractivity contribution < 1.29 is 9.59 Å². The fourth-order valence-electron chi connectivity index (χ4n) is 1.93. The minimum absolute atomic E-state index is 0.0336. The molecule has 0 spiro atoms. The van der Waals surface area contributed by atoms with Crippen molar-refractivity contribution in [3.05, 3.63) is 22.4 Å². The highest BCUT2D eigenvalue weighted by atomic mass is 32.1. The number of hydrogen-bond acceptors (Lipinski definition) is 4. The summed E-state index contributed by atoms with van der Waals surface area (Å²) < 4.78 is 0. The molecule has 6 heteroatoms. The highest BCUT2D eigenvalue weighted by Crippen LogP contribution is 2.11. The van der Waals surface area contributed by atoms with E-state index in [2.05, 4.69) is 5.32 Å². The van der Waals surface area contributed by atoms with E-state index < -0.39 is 11.9 Å². The van der Waals surface area contributed by atoms with E-state index in [9.17, 15) is 9.59 Å². The maximum atomic E-state index is 12.1. The quantitative estimate of drug-likeness (QED) is 0.768. The van der Waals surface area contributed by atoms with Crippen LogP contribution in [0.1, 0.15) is 5.56 Å². The van der Waals surface area contributed by atoms with E-state index in [0.717, 1.165) is 5.56 Å². The second-order valence-electron chi connectivity index (χ2n) is 4.02. The number of carbonyl (C=O) groups is 2. The van der Waals surface area contributed by atoms with Crippen LogP contribution in [0.15, 0.2) is 16.8 Å². The summed E-state index contributed by atoms with van der Waals surface area (Å²) >= 11 is 1.56. The summed E-state index contributed by atoms with van der Waals surface area (Å²) in [5, 5.41) is 6.95. The number of piperazine rings is 1. The number of nitrogens with one attached hydrogen (secondary N) is 1. The molecule has 1 saturated heterocycles. The van der Waals surface area contributed by atoms with Crippen LogP contribution in [0.5, 0.6) is 0 Å². The van der Waals surface area contributed by atoms with Gasteiger partial charge in [0.25, 0.3) is 0 Å². The van der Waals surface area contributed by atoms with E-state index in [-0.39, 0.29) is 5.91 Å². The smallest absolute Gasteiger partial charge is 0.241 e. The molecule has 0 bridgehead atoms. The van der Waals surface area contributed by atoms with Crippen LogP contribution >= 0.6 is 11.3 Å². The molecule has 2 heterocycles. The van der Waals surface area contributed by atoms with E-state index in [0.29, 0.717) is 26.1 Å². The van der Waals surface area contributed by atoms with Gasteiger partial charge in [-0.15, -0.1) is 0 Å². The molecule has 1 aromatic rings. The van der Waals surface area contributed by atoms with E-state index in [4.69, 9.17) is 5.73 Å². The second-order valence-corrected chi connectivity index (χ2v) is 4.80. The van der Waals surface area contributed by atoms with Crippen molar-refractivity contribution in [3.63, 3.8) is 0 Å². The number of hydrogen-bond donors (Lipinski definition) is 2. The molecule has 0 aliphatic carbocycles. The fraction of sp³-hybridized carbons (Fsp3) is 0.455. The first kappa shape index (κ1) is 12.1. The first-order valence-electron chi connectivity index (χ1n) is 5.49. The predicted molar refractivity (Wildman–Crippen MR) is 65.6 cm³/mol. The minimum atomic E-state index is -0.519. The molecule has 1 aromatic heterocycles. The molecule has 0 saturated carbocycles. The molecule has 92 valence electrons. The Morgan fingerprint density at radius 1 is 1.59 bits per heavy atom. The van der Waals surface area contributed by atoms with E-state index in [1.54, 1.807) is 16.2 Å². The summed E-state index contributed by atoms with van der Waals surface area (Å²) in [6.45, 7) is 1.69. The van der Waals surface area contributed by atoms with Gasteiger partial charge in [0.15, 0.2) is 0 Å². The molecule has 0 aromatic carbocycles. The molecule has 1 atom stereocenters. The van der Waals surface area contributed by atoms with Crippen molar-refractivity contribution in [2.75, 3.05) is 19.6 Å². The summed E-state index contributed by atoms with van der Waals surface area (Å²) in [4.78, 5) is 24.9. The first-order chi connectivity index (χ1) is 8.18. The lowest BCUT2D eigenvalue weighted by Crippen LogP contribution is -2.59. The van der Waals surface area contributed by atoms with Gasteiger partial charge in [-0.05, 0) is 22.4 Å². The zero-order chi connectivity index (χ0) is 12.3. The van der Waals surface area contributed by atoms with Crippen molar-refractivity contribution in [1.82, 2.24) is 10.2 Å². The average molecular weight is 253 g/mol. The molecular formula is C11H15N3O2S. The summed E-state index contributed by atoms with van der Waals surface area (Å²) in [5.74, 6) is -0.482. The Morgan fingerprint density at radius 2 is 2.41 bits per heavy atom. The first-order valence-corrected chi connectivity index (χ1v) is 6.43. The second kappa shape index (κ2) is 5.29. The van der Waals surface area contributed by atoms with Crippen molar-refractivity contribution in [2.24, 2.45) is 5.73 Å². The summed E-state index contributed by atoms with van der Waals surface area (Å²) in [5.41, 5.74) is 6.29. The normalized spacial score (nSPS) is 20.2. The number of amides is 2. The monoisotopic (exact) mass is 253 g/mol. The zero-order valence-electron chi connectivity index (χ0n) is 9.39. The Hall–Kier alpha value is -1.40. The van der Waals surface area contributed by atoms with Gasteiger partial charge in [0.2, 0.25) is 11.8 Å². The number of nitrogens with two attached hydrogens (primary N) is 1. The summed E-state index contributed by atoms with van der Waals surface area (Å²) in [6, 6.07) is 1.40. The lowest BCUT2D eigenvalue weighted by molar-refractivity contribution is -0.139. The molecule has 2 amide bonds. The lowest BCUT2D eigenvalue weighted by atomic mass is 10.1. The highest BCUT2D eigenvalue weighted by molar-refractivity contribution is 7.07. The zero-order valence-corrected chi connectivity index (χ0v) is 10.2. The van der Waals surface area contributed by atoms with Gasteiger partial charge < -0.3 is 16.0 Å². The van der Waals surface area contributed by atoms with Crippen LogP contribution in [0.3, 0.4) is 0 Å². The fourth-order valence-corrected chi connectivity index (χ4v) is 2.60. The van der Waals surface area contributed by atoms with Gasteiger partial charge in [0, 0.05) is 19.6 Å². The van der Waals surface area contributed by atoms with Crippen molar-refractivity contribution in [1.29, 1.82) is 0 Å². The largest absolute Gasteiger partial charge is 0.368 e. The van der Waals surface area contributed by atoms with Gasteiger partial charge in [-0.1, -0.05) is 0 Å². The van der Waals surface area contributed by atoms with Gasteiger partial charge in [-0.25, -0.2) is 0 Å². The van der Waals surface area contributed by atoms with Crippen LogP contribution in [-0.4, -0.2) is 42.4 Å². The number of rotatable bonds is 3. The third kappa shape index (κ3) is 2.83. The lowest BCUT2D eigenvalue weighted by Gasteiger charge is -2.34. The van der Waals surface area contributed by atoms with Crippen LogP contribution in [0.25, 0.3) is 0 Å². The minimum Gasteiger partial charge on any atom is -0.368 e. The van der Waals surface area contributed by atoms with E-state index >= 15 is 0 Å². The van der Waals surface area contributed by atoms with E-state index in [1.165, 1.54) is 0 Å². The SMILES string of the molecule is NC(=O)C1CNCCN1C(=O)Cc1ccsc1. The Balaban J connectivity index is 2.03. The number of carbonyl (C=O) groups excluding carboxylic acids is 2. The molecule has 5 nitrogen and oxygen atoms in total. The maximum Gasteiger partial charge on any atom is 0.241 e. The number of nitrogens with zero attached hydrogens (tertiary/aromatic N) is 1. The van der Waals surface area contributed by atoms with Gasteiger partial charge in [0.1, 0.15) is 6.04 Å². The molecule has 1 fully saturated rings. The Morgan fingerprint density at radius 3 is 3.06 bits per heavy atom. The third-order valence-electron chi connectivity index (χ3n) is 2.83. The average Bonchev–Trinajstić information content (AvgIpc) is 2.81. The topological polar surface area (TPSA) is 75.4 Å². The van der Waals surface area contributed by atoms with Gasteiger partial charge >= 0.3 is 0 Å². The van der Waals surface area contributed by atoms with Crippen LogP contribution < -0.4 is 11.1 Å². The van der Waals surface area contributed by atoms with Crippen molar-refractivity contribution in [2.45, 2.75) is 12.5 Å². The molecule has 1 unspecified atom stereocenters. The number of primary amides is 1. The summed E-state index contributed by atoms with van der Waals surface area (Å²) in [7, 11) is 0. The maximum absolute atomic E-state index is 12.1. The molecule has 3 N–H and O–H groups in total. The standard InChI is InChI=1S/C11H15N3O2S/c12-11(16)9-6-13-2-3-14(9)10(15)5-8-1-4-17-7-8/h1,4,7,9,13H,2-3,5-6H2,(H2,12,16). The van der Waals surface area contributed by atoms with Gasteiger partial charge in [-0.2, -0.15) is 11.3 Å². The van der Waals surface area contributed by atoms with Crippen LogP contribution in [0.2, 0.25) is 0 Å². The highest BCUT2D eigenvalue weighted by Gasteiger charge is 2.30. The van der Waals surface area contributed by atoms with Crippen molar-refractivity contribution >= 4 is 23.2 Å². The van der Waals surface area contributed by atoms with Crippen LogP contribution in [0.4, 0.5) is 0 Å². The van der Waals surface area contributed by atoms with Crippen LogP contribution in [-0.2, 0) is 16.0 Å². The van der Waals surface area contributed by atoms with E-state index in [1.807, 2.05) is 16.8 Å². The molecule has 1 aliphatic heterocycles. The molecule has 17 heavy (non-hydrogen) atoms. The molecule has 0 radical (unpaired) electrons. The predicted octanol–water partition coefficient (Wildman–Crippen LogP) is -0.424. The van der Waals surface area contributed by atoms with Gasteiger partial charge in [-0.3, -0.25) is 9.59 Å². The number of thiophene rings is 1. The van der Waals surface area contributed by atoms with Crippen LogP contribution in [0, 0.1) is 0 Å². The third-order valence-corrected chi connectivity index (χ3v) is 3.56. The molecule has 1 aliphatic rings. The Kier molecular flexibility index (Phi) is 3.75. The van der Waals surface area contributed by atoms with Crippen molar-refractivity contribution in [3.8, 4) is 0 Å².